The van der Waals surface area contributed by atoms with E-state index in [9.17, 15) is 5.11 Å². The molecule has 0 bridgehead atoms. The molecule has 1 atom stereocenters. The van der Waals surface area contributed by atoms with E-state index in [1.165, 1.54) is 0 Å². The van der Waals surface area contributed by atoms with Crippen LogP contribution in [0.3, 0.4) is 0 Å². The van der Waals surface area contributed by atoms with Crippen LogP contribution in [0.1, 0.15) is 22.7 Å². The van der Waals surface area contributed by atoms with Gasteiger partial charge >= 0.3 is 0 Å². The third-order valence-electron chi connectivity index (χ3n) is 3.29. The third-order valence-corrected chi connectivity index (χ3v) is 5.50. The van der Waals surface area contributed by atoms with Gasteiger partial charge in [-0.25, -0.2) is 4.98 Å². The van der Waals surface area contributed by atoms with E-state index < -0.39 is 5.60 Å². The van der Waals surface area contributed by atoms with Crippen molar-refractivity contribution in [2.24, 2.45) is 0 Å². The SMILES string of the molecule is C=CCCC(O)(c1cccs1)c1nc2ccccc2s1. The van der Waals surface area contributed by atoms with E-state index in [4.69, 9.17) is 0 Å². The molecular formula is C16H15NOS2. The number of para-hydroxylation sites is 1. The van der Waals surface area contributed by atoms with Gasteiger partial charge in [-0.2, -0.15) is 0 Å². The third kappa shape index (κ3) is 2.30. The summed E-state index contributed by atoms with van der Waals surface area (Å²) in [6.45, 7) is 3.76. The Morgan fingerprint density at radius 1 is 1.25 bits per heavy atom. The van der Waals surface area contributed by atoms with E-state index in [0.29, 0.717) is 6.42 Å². The Balaban J connectivity index is 2.10. The quantitative estimate of drug-likeness (QED) is 0.701. The van der Waals surface area contributed by atoms with Gasteiger partial charge in [0.15, 0.2) is 5.60 Å². The van der Waals surface area contributed by atoms with Gasteiger partial charge in [0, 0.05) is 4.88 Å². The minimum absolute atomic E-state index is 0.608. The molecule has 0 aliphatic rings. The summed E-state index contributed by atoms with van der Waals surface area (Å²) in [5.74, 6) is 0. The van der Waals surface area contributed by atoms with Gasteiger partial charge in [0.25, 0.3) is 0 Å². The van der Waals surface area contributed by atoms with Gasteiger partial charge in [-0.15, -0.1) is 29.3 Å². The minimum atomic E-state index is -1.01. The molecule has 0 saturated carbocycles. The van der Waals surface area contributed by atoms with E-state index in [1.54, 1.807) is 22.7 Å². The molecule has 20 heavy (non-hydrogen) atoms. The molecule has 3 aromatic rings. The second-order valence-corrected chi connectivity index (χ2v) is 6.63. The van der Waals surface area contributed by atoms with Crippen LogP contribution in [0.15, 0.2) is 54.4 Å². The zero-order valence-corrected chi connectivity index (χ0v) is 12.6. The molecule has 0 aliphatic heterocycles. The van der Waals surface area contributed by atoms with Crippen molar-refractivity contribution >= 4 is 32.9 Å². The molecule has 1 aromatic carbocycles. The van der Waals surface area contributed by atoms with Gasteiger partial charge in [-0.1, -0.05) is 24.3 Å². The summed E-state index contributed by atoms with van der Waals surface area (Å²) in [4.78, 5) is 5.58. The molecule has 2 nitrogen and oxygen atoms in total. The maximum absolute atomic E-state index is 11.2. The average molecular weight is 301 g/mol. The lowest BCUT2D eigenvalue weighted by Gasteiger charge is -2.24. The number of hydrogen-bond acceptors (Lipinski definition) is 4. The van der Waals surface area contributed by atoms with Gasteiger partial charge in [0.05, 0.1) is 10.2 Å². The van der Waals surface area contributed by atoms with E-state index >= 15 is 0 Å². The fraction of sp³-hybridized carbons (Fsp3) is 0.188. The molecule has 1 unspecified atom stereocenters. The molecule has 0 aliphatic carbocycles. The van der Waals surface area contributed by atoms with Crippen molar-refractivity contribution in [3.05, 3.63) is 64.3 Å². The molecule has 4 heteroatoms. The number of benzene rings is 1. The molecule has 1 N–H and O–H groups in total. The van der Waals surface area contributed by atoms with Crippen LogP contribution < -0.4 is 0 Å². The zero-order chi connectivity index (χ0) is 14.0. The maximum atomic E-state index is 11.2. The normalized spacial score (nSPS) is 14.2. The van der Waals surface area contributed by atoms with Gasteiger partial charge in [0.2, 0.25) is 0 Å². The summed E-state index contributed by atoms with van der Waals surface area (Å²) in [6.07, 6.45) is 3.20. The number of allylic oxidation sites excluding steroid dienone is 1. The van der Waals surface area contributed by atoms with Crippen molar-refractivity contribution < 1.29 is 5.11 Å². The van der Waals surface area contributed by atoms with Crippen molar-refractivity contribution in [1.82, 2.24) is 4.98 Å². The second kappa shape index (κ2) is 5.48. The topological polar surface area (TPSA) is 33.1 Å². The minimum Gasteiger partial charge on any atom is -0.377 e. The predicted molar refractivity (Wildman–Crippen MR) is 86.4 cm³/mol. The first kappa shape index (κ1) is 13.5. The van der Waals surface area contributed by atoms with Crippen molar-refractivity contribution in [3.8, 4) is 0 Å². The summed E-state index contributed by atoms with van der Waals surface area (Å²) in [7, 11) is 0. The largest absolute Gasteiger partial charge is 0.377 e. The highest BCUT2D eigenvalue weighted by Gasteiger charge is 2.35. The van der Waals surface area contributed by atoms with Crippen molar-refractivity contribution in [2.45, 2.75) is 18.4 Å². The Kier molecular flexibility index (Phi) is 3.70. The first-order valence-corrected chi connectivity index (χ1v) is 8.17. The Bertz CT molecular complexity index is 684. The molecule has 3 rings (SSSR count). The van der Waals surface area contributed by atoms with Gasteiger partial charge < -0.3 is 5.11 Å². The highest BCUT2D eigenvalue weighted by Crippen LogP contribution is 2.40. The fourth-order valence-electron chi connectivity index (χ4n) is 2.21. The van der Waals surface area contributed by atoms with Crippen LogP contribution in [-0.2, 0) is 5.60 Å². The van der Waals surface area contributed by atoms with E-state index in [-0.39, 0.29) is 0 Å². The van der Waals surface area contributed by atoms with Crippen LogP contribution in [-0.4, -0.2) is 10.1 Å². The number of aromatic nitrogens is 1. The number of thiophene rings is 1. The fourth-order valence-corrected chi connectivity index (χ4v) is 4.23. The van der Waals surface area contributed by atoms with Gasteiger partial charge in [-0.05, 0) is 36.4 Å². The van der Waals surface area contributed by atoms with Gasteiger partial charge in [-0.3, -0.25) is 0 Å². The Labute approximate surface area is 126 Å². The molecule has 0 fully saturated rings. The number of aliphatic hydroxyl groups is 1. The van der Waals surface area contributed by atoms with Crippen LogP contribution in [0.25, 0.3) is 10.2 Å². The number of thiazole rings is 1. The summed E-state index contributed by atoms with van der Waals surface area (Å²) in [5.41, 5.74) is -0.0624. The summed E-state index contributed by atoms with van der Waals surface area (Å²) in [6, 6.07) is 11.9. The van der Waals surface area contributed by atoms with E-state index in [1.807, 2.05) is 47.9 Å². The number of nitrogens with zero attached hydrogens (tertiary/aromatic N) is 1. The smallest absolute Gasteiger partial charge is 0.150 e. The van der Waals surface area contributed by atoms with Crippen LogP contribution in [0.4, 0.5) is 0 Å². The molecule has 2 aromatic heterocycles. The average Bonchev–Trinajstić information content (AvgIpc) is 3.13. The van der Waals surface area contributed by atoms with Crippen LogP contribution in [0.2, 0.25) is 0 Å². The van der Waals surface area contributed by atoms with Crippen molar-refractivity contribution in [1.29, 1.82) is 0 Å². The number of fused-ring (bicyclic) bond motifs is 1. The standard InChI is InChI=1S/C16H15NOS2/c1-2-3-10-16(18,14-9-6-11-19-14)15-17-12-7-4-5-8-13(12)20-15/h2,4-9,11,18H,1,3,10H2. The Hall–Kier alpha value is -1.49. The Morgan fingerprint density at radius 2 is 2.10 bits per heavy atom. The van der Waals surface area contributed by atoms with Gasteiger partial charge in [0.1, 0.15) is 5.01 Å². The molecule has 102 valence electrons. The molecule has 0 amide bonds. The lowest BCUT2D eigenvalue weighted by Crippen LogP contribution is -2.25. The van der Waals surface area contributed by atoms with Crippen LogP contribution in [0, 0.1) is 0 Å². The first-order chi connectivity index (χ1) is 9.74. The monoisotopic (exact) mass is 301 g/mol. The highest BCUT2D eigenvalue weighted by atomic mass is 32.1. The molecule has 2 heterocycles. The maximum Gasteiger partial charge on any atom is 0.150 e. The lowest BCUT2D eigenvalue weighted by atomic mass is 9.96. The molecular weight excluding hydrogens is 286 g/mol. The molecule has 0 saturated heterocycles. The van der Waals surface area contributed by atoms with Crippen LogP contribution >= 0.6 is 22.7 Å². The zero-order valence-electron chi connectivity index (χ0n) is 11.0. The molecule has 0 spiro atoms. The predicted octanol–water partition coefficient (Wildman–Crippen LogP) is 4.56. The molecule has 0 radical (unpaired) electrons. The second-order valence-electron chi connectivity index (χ2n) is 4.65. The van der Waals surface area contributed by atoms with Crippen LogP contribution in [0.5, 0.6) is 0 Å². The summed E-state index contributed by atoms with van der Waals surface area (Å²) < 4.78 is 1.11. The summed E-state index contributed by atoms with van der Waals surface area (Å²) in [5, 5.41) is 13.9. The van der Waals surface area contributed by atoms with Crippen molar-refractivity contribution in [2.75, 3.05) is 0 Å². The first-order valence-electron chi connectivity index (χ1n) is 6.47. The van der Waals surface area contributed by atoms with E-state index in [0.717, 1.165) is 26.5 Å². The van der Waals surface area contributed by atoms with E-state index in [2.05, 4.69) is 11.6 Å². The lowest BCUT2D eigenvalue weighted by molar-refractivity contribution is 0.0758. The Morgan fingerprint density at radius 3 is 2.80 bits per heavy atom. The van der Waals surface area contributed by atoms with Crippen molar-refractivity contribution in [3.63, 3.8) is 0 Å². The number of hydrogen-bond donors (Lipinski definition) is 1. The highest BCUT2D eigenvalue weighted by molar-refractivity contribution is 7.19. The summed E-state index contributed by atoms with van der Waals surface area (Å²) >= 11 is 3.13. The number of rotatable bonds is 5.